The van der Waals surface area contributed by atoms with E-state index in [1.807, 2.05) is 13.1 Å². The number of alkyl halides is 3. The highest BCUT2D eigenvalue weighted by atomic mass is 35.5. The molecular formula is C15H19ClF3N5O. The Kier molecular flexibility index (Phi) is 5.46. The lowest BCUT2D eigenvalue weighted by Crippen LogP contribution is -2.33. The highest BCUT2D eigenvalue weighted by molar-refractivity contribution is 6.32. The molecule has 0 saturated heterocycles. The van der Waals surface area contributed by atoms with Crippen molar-refractivity contribution in [1.82, 2.24) is 24.5 Å². The van der Waals surface area contributed by atoms with E-state index in [0.717, 1.165) is 10.2 Å². The van der Waals surface area contributed by atoms with Crippen LogP contribution in [-0.2, 0) is 24.1 Å². The highest BCUT2D eigenvalue weighted by Gasteiger charge is 2.39. The molecule has 2 rings (SSSR count). The van der Waals surface area contributed by atoms with Crippen molar-refractivity contribution < 1.29 is 18.0 Å². The topological polar surface area (TPSA) is 56.0 Å². The van der Waals surface area contributed by atoms with Crippen LogP contribution in [0.4, 0.5) is 13.2 Å². The Morgan fingerprint density at radius 3 is 2.56 bits per heavy atom. The number of carbonyl (C=O) groups is 1. The largest absolute Gasteiger partial charge is 0.436 e. The molecular weight excluding hydrogens is 359 g/mol. The maximum Gasteiger partial charge on any atom is 0.436 e. The van der Waals surface area contributed by atoms with Gasteiger partial charge in [-0.1, -0.05) is 11.6 Å². The van der Waals surface area contributed by atoms with E-state index in [1.165, 1.54) is 18.7 Å². The van der Waals surface area contributed by atoms with E-state index in [2.05, 4.69) is 10.2 Å². The van der Waals surface area contributed by atoms with Gasteiger partial charge < -0.3 is 4.90 Å². The monoisotopic (exact) mass is 377 g/mol. The second-order valence-corrected chi connectivity index (χ2v) is 6.14. The van der Waals surface area contributed by atoms with Crippen molar-refractivity contribution in [3.63, 3.8) is 0 Å². The van der Waals surface area contributed by atoms with Gasteiger partial charge in [0.15, 0.2) is 5.69 Å². The molecule has 0 radical (unpaired) electrons. The Morgan fingerprint density at radius 2 is 2.08 bits per heavy atom. The number of nitrogens with zero attached hydrogens (tertiary/aromatic N) is 5. The Hall–Kier alpha value is -2.03. The Labute approximate surface area is 148 Å². The molecule has 1 amide bonds. The molecule has 0 aliphatic rings. The van der Waals surface area contributed by atoms with E-state index in [0.29, 0.717) is 13.1 Å². The summed E-state index contributed by atoms with van der Waals surface area (Å²) in [5.41, 5.74) is -0.253. The van der Waals surface area contributed by atoms with Crippen LogP contribution in [0.25, 0.3) is 0 Å². The van der Waals surface area contributed by atoms with Gasteiger partial charge in [0.2, 0.25) is 5.91 Å². The molecule has 10 heteroatoms. The average molecular weight is 378 g/mol. The number of carbonyl (C=O) groups excluding carboxylic acids is 1. The first-order valence-electron chi connectivity index (χ1n) is 7.64. The molecule has 2 heterocycles. The van der Waals surface area contributed by atoms with Gasteiger partial charge in [-0.05, 0) is 20.8 Å². The zero-order valence-electron chi connectivity index (χ0n) is 14.3. The molecule has 0 aromatic carbocycles. The number of halogens is 4. The van der Waals surface area contributed by atoms with Gasteiger partial charge in [-0.25, -0.2) is 0 Å². The van der Waals surface area contributed by atoms with Gasteiger partial charge in [0.05, 0.1) is 16.9 Å². The van der Waals surface area contributed by atoms with Crippen molar-refractivity contribution in [1.29, 1.82) is 0 Å². The third-order valence-electron chi connectivity index (χ3n) is 3.88. The number of rotatable bonds is 5. The Morgan fingerprint density at radius 1 is 1.44 bits per heavy atom. The number of aromatic nitrogens is 4. The van der Waals surface area contributed by atoms with Crippen LogP contribution in [-0.4, -0.2) is 37.4 Å². The third kappa shape index (κ3) is 3.97. The number of hydrogen-bond acceptors (Lipinski definition) is 3. The van der Waals surface area contributed by atoms with E-state index in [4.69, 9.17) is 11.6 Å². The van der Waals surface area contributed by atoms with Gasteiger partial charge in [0.1, 0.15) is 6.04 Å². The lowest BCUT2D eigenvalue weighted by Gasteiger charge is -2.22. The molecule has 0 aliphatic heterocycles. The van der Waals surface area contributed by atoms with Crippen LogP contribution in [0.2, 0.25) is 5.02 Å². The van der Waals surface area contributed by atoms with Gasteiger partial charge in [-0.15, -0.1) is 0 Å². The molecule has 6 nitrogen and oxygen atoms in total. The van der Waals surface area contributed by atoms with Crippen molar-refractivity contribution in [2.75, 3.05) is 7.05 Å². The summed E-state index contributed by atoms with van der Waals surface area (Å²) in [6.45, 7) is 5.84. The van der Waals surface area contributed by atoms with Crippen LogP contribution < -0.4 is 0 Å². The molecule has 25 heavy (non-hydrogen) atoms. The molecule has 0 saturated carbocycles. The second-order valence-electron chi connectivity index (χ2n) is 5.76. The maximum absolute atomic E-state index is 12.9. The lowest BCUT2D eigenvalue weighted by molar-refractivity contribution is -0.142. The third-order valence-corrected chi connectivity index (χ3v) is 4.33. The van der Waals surface area contributed by atoms with Gasteiger partial charge >= 0.3 is 6.18 Å². The summed E-state index contributed by atoms with van der Waals surface area (Å²) >= 11 is 5.74. The van der Waals surface area contributed by atoms with Crippen molar-refractivity contribution >= 4 is 17.5 Å². The first kappa shape index (κ1) is 19.3. The summed E-state index contributed by atoms with van der Waals surface area (Å²) in [7, 11) is 1.58. The van der Waals surface area contributed by atoms with Crippen LogP contribution in [0.15, 0.2) is 12.4 Å². The molecule has 2 aromatic heterocycles. The van der Waals surface area contributed by atoms with E-state index in [-0.39, 0.29) is 11.6 Å². The summed E-state index contributed by atoms with van der Waals surface area (Å²) < 4.78 is 41.5. The molecule has 0 bridgehead atoms. The summed E-state index contributed by atoms with van der Waals surface area (Å²) in [4.78, 5) is 14.0. The summed E-state index contributed by atoms with van der Waals surface area (Å²) in [5.74, 6) is -0.375. The van der Waals surface area contributed by atoms with Gasteiger partial charge in [0.25, 0.3) is 0 Å². The van der Waals surface area contributed by atoms with Gasteiger partial charge in [-0.2, -0.15) is 23.4 Å². The van der Waals surface area contributed by atoms with Crippen molar-refractivity contribution in [3.8, 4) is 0 Å². The van der Waals surface area contributed by atoms with Crippen molar-refractivity contribution in [2.45, 2.75) is 46.1 Å². The first-order valence-corrected chi connectivity index (χ1v) is 8.02. The number of hydrogen-bond donors (Lipinski definition) is 0. The zero-order chi connectivity index (χ0) is 18.9. The van der Waals surface area contributed by atoms with Crippen LogP contribution in [0.5, 0.6) is 0 Å². The quantitative estimate of drug-likeness (QED) is 0.803. The Bertz CT molecular complexity index is 768. The smallest absolute Gasteiger partial charge is 0.339 e. The molecule has 1 unspecified atom stereocenters. The SMILES string of the molecule is CCn1cc(CN(C)C(=O)C(C)n2nc(C(F)(F)F)c(Cl)c2C)cn1. The van der Waals surface area contributed by atoms with Crippen LogP contribution >= 0.6 is 11.6 Å². The van der Waals surface area contributed by atoms with E-state index in [1.54, 1.807) is 17.9 Å². The maximum atomic E-state index is 12.9. The molecule has 138 valence electrons. The number of aryl methyl sites for hydroxylation is 1. The van der Waals surface area contributed by atoms with Crippen molar-refractivity contribution in [3.05, 3.63) is 34.4 Å². The van der Waals surface area contributed by atoms with Crippen molar-refractivity contribution in [2.24, 2.45) is 0 Å². The Balaban J connectivity index is 2.19. The molecule has 0 N–H and O–H groups in total. The fourth-order valence-electron chi connectivity index (χ4n) is 2.49. The predicted molar refractivity (Wildman–Crippen MR) is 86.1 cm³/mol. The van der Waals surface area contributed by atoms with Crippen LogP contribution in [0.1, 0.15) is 36.8 Å². The minimum absolute atomic E-state index is 0.0991. The van der Waals surface area contributed by atoms with E-state index in [9.17, 15) is 18.0 Å². The standard InChI is InChI=1S/C15H19ClF3N5O/c1-5-23-8-11(6-20-23)7-22(4)14(25)10(3)24-9(2)12(16)13(21-24)15(17,18)19/h6,8,10H,5,7H2,1-4H3. The molecule has 0 aliphatic carbocycles. The molecule has 2 aromatic rings. The lowest BCUT2D eigenvalue weighted by atomic mass is 10.2. The highest BCUT2D eigenvalue weighted by Crippen LogP contribution is 2.36. The van der Waals surface area contributed by atoms with Crippen LogP contribution in [0, 0.1) is 6.92 Å². The van der Waals surface area contributed by atoms with E-state index >= 15 is 0 Å². The zero-order valence-corrected chi connectivity index (χ0v) is 15.1. The first-order chi connectivity index (χ1) is 11.6. The van der Waals surface area contributed by atoms with Gasteiger partial charge in [0, 0.05) is 31.9 Å². The van der Waals surface area contributed by atoms with E-state index < -0.39 is 22.9 Å². The minimum atomic E-state index is -4.67. The molecule has 0 fully saturated rings. The number of amides is 1. The predicted octanol–water partition coefficient (Wildman–Crippen LogP) is 3.30. The minimum Gasteiger partial charge on any atom is -0.339 e. The summed E-state index contributed by atoms with van der Waals surface area (Å²) in [6, 6.07) is -0.917. The number of likely N-dealkylation sites (N-methyl/N-ethyl adjacent to an activating group) is 1. The molecule has 1 atom stereocenters. The molecule has 0 spiro atoms. The van der Waals surface area contributed by atoms with Gasteiger partial charge in [-0.3, -0.25) is 14.2 Å². The average Bonchev–Trinajstić information content (AvgIpc) is 3.11. The summed E-state index contributed by atoms with van der Waals surface area (Å²) in [5, 5.41) is 7.14. The summed E-state index contributed by atoms with van der Waals surface area (Å²) in [6.07, 6.45) is -1.21. The fraction of sp³-hybridized carbons (Fsp3) is 0.533. The van der Waals surface area contributed by atoms with Crippen LogP contribution in [0.3, 0.4) is 0 Å². The normalized spacial score (nSPS) is 13.1. The fourth-order valence-corrected chi connectivity index (χ4v) is 2.72. The second kappa shape index (κ2) is 7.07.